The smallest absolute Gasteiger partial charge is 0.172 e. The molecule has 1 unspecified atom stereocenters. The second-order valence-electron chi connectivity index (χ2n) is 8.76. The number of ether oxygens (including phenoxy) is 1. The Bertz CT molecular complexity index is 590. The van der Waals surface area contributed by atoms with Crippen LogP contribution in [0, 0.1) is 0 Å². The van der Waals surface area contributed by atoms with Crippen molar-refractivity contribution in [3.63, 3.8) is 0 Å². The highest BCUT2D eigenvalue weighted by molar-refractivity contribution is 7.75. The van der Waals surface area contributed by atoms with E-state index in [2.05, 4.69) is 54.9 Å². The molecule has 0 saturated carbocycles. The van der Waals surface area contributed by atoms with Crippen LogP contribution in [-0.4, -0.2) is 43.2 Å². The van der Waals surface area contributed by atoms with E-state index >= 15 is 0 Å². The highest BCUT2D eigenvalue weighted by Crippen LogP contribution is 2.13. The molecule has 0 aliphatic carbocycles. The predicted molar refractivity (Wildman–Crippen MR) is 131 cm³/mol. The fourth-order valence-corrected chi connectivity index (χ4v) is 4.32. The summed E-state index contributed by atoms with van der Waals surface area (Å²) in [6, 6.07) is 8.62. The lowest BCUT2D eigenvalue weighted by atomic mass is 10.0. The summed E-state index contributed by atoms with van der Waals surface area (Å²) in [5, 5.41) is 0. The standard InChI is InChI=1S/C26H43NO2S/c1-2-3-4-5-6-7-8-9-10-11-12-15-20-28-23-26(29-30)22-27-19-18-24-16-13-14-17-25(24)21-27/h13-14,16-17,21,26H,2-12,15,18-20,22-23H2,1H3/p+1. The number of hydrogen-bond donors (Lipinski definition) is 1. The average Bonchev–Trinajstić information content (AvgIpc) is 2.78. The van der Waals surface area contributed by atoms with Crippen LogP contribution in [0.25, 0.3) is 0 Å². The van der Waals surface area contributed by atoms with Crippen LogP contribution in [0.3, 0.4) is 0 Å². The van der Waals surface area contributed by atoms with Crippen molar-refractivity contribution in [3.8, 4) is 0 Å². The van der Waals surface area contributed by atoms with E-state index < -0.39 is 0 Å². The second-order valence-corrected chi connectivity index (χ2v) is 8.98. The monoisotopic (exact) mass is 434 g/mol. The van der Waals surface area contributed by atoms with E-state index in [1.165, 1.54) is 81.8 Å². The van der Waals surface area contributed by atoms with Crippen LogP contribution in [0.15, 0.2) is 24.3 Å². The van der Waals surface area contributed by atoms with Crippen molar-refractivity contribution in [2.24, 2.45) is 0 Å². The first-order chi connectivity index (χ1) is 14.8. The predicted octanol–water partition coefficient (Wildman–Crippen LogP) is 6.62. The van der Waals surface area contributed by atoms with Crippen LogP contribution < -0.4 is 0 Å². The first-order valence-electron chi connectivity index (χ1n) is 12.4. The molecule has 0 amide bonds. The molecule has 0 bridgehead atoms. The van der Waals surface area contributed by atoms with E-state index in [9.17, 15) is 0 Å². The van der Waals surface area contributed by atoms with Crippen LogP contribution >= 0.6 is 12.9 Å². The summed E-state index contributed by atoms with van der Waals surface area (Å²) in [4.78, 5) is 0. The van der Waals surface area contributed by atoms with Gasteiger partial charge in [0.1, 0.15) is 6.54 Å². The summed E-state index contributed by atoms with van der Waals surface area (Å²) >= 11 is 4.07. The van der Waals surface area contributed by atoms with Crippen molar-refractivity contribution in [2.45, 2.75) is 96.5 Å². The molecular weight excluding hydrogens is 390 g/mol. The quantitative estimate of drug-likeness (QED) is 0.121. The minimum absolute atomic E-state index is 0.00664. The van der Waals surface area contributed by atoms with Gasteiger partial charge in [-0.1, -0.05) is 95.8 Å². The normalized spacial score (nSPS) is 14.4. The molecule has 0 radical (unpaired) electrons. The van der Waals surface area contributed by atoms with E-state index in [1.807, 2.05) is 0 Å². The lowest BCUT2D eigenvalue weighted by molar-refractivity contribution is -0.532. The molecule has 170 valence electrons. The van der Waals surface area contributed by atoms with Gasteiger partial charge in [0.25, 0.3) is 0 Å². The molecule has 1 aliphatic heterocycles. The van der Waals surface area contributed by atoms with Gasteiger partial charge in [0.15, 0.2) is 18.9 Å². The molecule has 0 aromatic heterocycles. The van der Waals surface area contributed by atoms with Gasteiger partial charge in [0.2, 0.25) is 0 Å². The molecule has 0 fully saturated rings. The Hall–Kier alpha value is -0.840. The molecule has 30 heavy (non-hydrogen) atoms. The Labute approximate surface area is 190 Å². The minimum atomic E-state index is 0.00664. The van der Waals surface area contributed by atoms with Gasteiger partial charge in [-0.25, -0.2) is 4.58 Å². The number of hydrogen-bond acceptors (Lipinski definition) is 3. The SMILES string of the molecule is CCCCCCCCCCCCCCOCC(C[N+]1=Cc2ccccc2CC1)OS. The Kier molecular flexibility index (Phi) is 14.2. The van der Waals surface area contributed by atoms with Crippen LogP contribution in [0.1, 0.15) is 95.1 Å². The van der Waals surface area contributed by atoms with Crippen molar-refractivity contribution < 1.29 is 13.5 Å². The molecule has 1 atom stereocenters. The zero-order valence-corrected chi connectivity index (χ0v) is 20.1. The van der Waals surface area contributed by atoms with E-state index in [0.717, 1.165) is 32.5 Å². The van der Waals surface area contributed by atoms with Crippen LogP contribution in [0.5, 0.6) is 0 Å². The molecule has 2 rings (SSSR count). The Balaban J connectivity index is 1.44. The molecule has 1 aromatic carbocycles. The number of nitrogens with zero attached hydrogens (tertiary/aromatic N) is 1. The lowest BCUT2D eigenvalue weighted by Gasteiger charge is -2.17. The van der Waals surface area contributed by atoms with Crippen molar-refractivity contribution >= 4 is 19.1 Å². The molecule has 1 heterocycles. The maximum absolute atomic E-state index is 5.88. The maximum atomic E-state index is 5.88. The summed E-state index contributed by atoms with van der Waals surface area (Å²) in [7, 11) is 0. The molecule has 1 aliphatic rings. The Morgan fingerprint density at radius 1 is 0.900 bits per heavy atom. The third kappa shape index (κ3) is 11.0. The first kappa shape index (κ1) is 25.4. The van der Waals surface area contributed by atoms with Gasteiger partial charge in [0, 0.05) is 18.6 Å². The fraction of sp³-hybridized carbons (Fsp3) is 0.731. The van der Waals surface area contributed by atoms with Gasteiger partial charge < -0.3 is 8.92 Å². The molecule has 0 spiro atoms. The van der Waals surface area contributed by atoms with E-state index in [-0.39, 0.29) is 6.10 Å². The summed E-state index contributed by atoms with van der Waals surface area (Å²) in [6.07, 6.45) is 19.8. The number of benzene rings is 1. The van der Waals surface area contributed by atoms with E-state index in [4.69, 9.17) is 8.92 Å². The highest BCUT2D eigenvalue weighted by Gasteiger charge is 2.20. The largest absolute Gasteiger partial charge is 0.378 e. The zero-order valence-electron chi connectivity index (χ0n) is 19.2. The maximum Gasteiger partial charge on any atom is 0.172 e. The van der Waals surface area contributed by atoms with E-state index in [1.54, 1.807) is 0 Å². The van der Waals surface area contributed by atoms with Crippen LogP contribution in [0.4, 0.5) is 0 Å². The Morgan fingerprint density at radius 2 is 1.53 bits per heavy atom. The number of rotatable bonds is 18. The molecule has 0 N–H and O–H groups in total. The fourth-order valence-electron chi connectivity index (χ4n) is 4.20. The molecule has 4 heteroatoms. The summed E-state index contributed by atoms with van der Waals surface area (Å²) < 4.78 is 13.6. The third-order valence-corrected chi connectivity index (χ3v) is 6.38. The van der Waals surface area contributed by atoms with E-state index in [0.29, 0.717) is 6.61 Å². The van der Waals surface area contributed by atoms with Gasteiger partial charge in [-0.3, -0.25) is 0 Å². The van der Waals surface area contributed by atoms with Gasteiger partial charge in [-0.2, -0.15) is 0 Å². The summed E-state index contributed by atoms with van der Waals surface area (Å²) in [5.41, 5.74) is 2.75. The summed E-state index contributed by atoms with van der Waals surface area (Å²) in [5.74, 6) is 0. The van der Waals surface area contributed by atoms with Gasteiger partial charge >= 0.3 is 0 Å². The summed E-state index contributed by atoms with van der Waals surface area (Å²) in [6.45, 7) is 5.59. The van der Waals surface area contributed by atoms with Gasteiger partial charge in [-0.05, 0) is 31.0 Å². The molecular formula is C26H44NO2S+. The lowest BCUT2D eigenvalue weighted by Crippen LogP contribution is -2.33. The highest BCUT2D eigenvalue weighted by atomic mass is 32.1. The minimum Gasteiger partial charge on any atom is -0.378 e. The first-order valence-corrected chi connectivity index (χ1v) is 12.7. The van der Waals surface area contributed by atoms with Gasteiger partial charge in [-0.15, -0.1) is 0 Å². The molecule has 0 saturated heterocycles. The molecule has 3 nitrogen and oxygen atoms in total. The second kappa shape index (κ2) is 16.8. The number of thiol groups is 1. The number of unbranched alkanes of at least 4 members (excludes halogenated alkanes) is 11. The third-order valence-electron chi connectivity index (χ3n) is 6.08. The van der Waals surface area contributed by atoms with Crippen LogP contribution in [-0.2, 0) is 15.3 Å². The average molecular weight is 435 g/mol. The van der Waals surface area contributed by atoms with Crippen molar-refractivity contribution in [1.29, 1.82) is 0 Å². The molecule has 1 aromatic rings. The van der Waals surface area contributed by atoms with Crippen molar-refractivity contribution in [2.75, 3.05) is 26.3 Å². The zero-order chi connectivity index (χ0) is 21.3. The Morgan fingerprint density at radius 3 is 2.20 bits per heavy atom. The van der Waals surface area contributed by atoms with Crippen molar-refractivity contribution in [1.82, 2.24) is 0 Å². The number of fused-ring (bicyclic) bond motifs is 1. The topological polar surface area (TPSA) is 21.5 Å². The van der Waals surface area contributed by atoms with Crippen LogP contribution in [0.2, 0.25) is 0 Å². The van der Waals surface area contributed by atoms with Gasteiger partial charge in [0.05, 0.1) is 6.61 Å². The van der Waals surface area contributed by atoms with Crippen molar-refractivity contribution in [3.05, 3.63) is 35.4 Å².